The highest BCUT2D eigenvalue weighted by Gasteiger charge is 2.18. The van der Waals surface area contributed by atoms with E-state index < -0.39 is 0 Å². The number of carbonyl (C=O) groups excluding carboxylic acids is 1. The summed E-state index contributed by atoms with van der Waals surface area (Å²) in [5.74, 6) is -0.00221. The molecule has 4 nitrogen and oxygen atoms in total. The second-order valence-corrected chi connectivity index (χ2v) is 6.24. The van der Waals surface area contributed by atoms with Crippen molar-refractivity contribution in [3.63, 3.8) is 0 Å². The van der Waals surface area contributed by atoms with E-state index in [2.05, 4.69) is 0 Å². The van der Waals surface area contributed by atoms with E-state index in [-0.39, 0.29) is 11.5 Å². The number of pyridine rings is 1. The summed E-state index contributed by atoms with van der Waals surface area (Å²) in [7, 11) is 0. The molecule has 2 aromatic rings. The molecule has 0 radical (unpaired) electrons. The number of benzene rings is 1. The molecule has 120 valence electrons. The average Bonchev–Trinajstić information content (AvgIpc) is 2.59. The number of rotatable bonds is 3. The minimum absolute atomic E-state index is 0.00221. The molecule has 1 aliphatic heterocycles. The zero-order chi connectivity index (χ0) is 16.2. The van der Waals surface area contributed by atoms with Crippen molar-refractivity contribution in [1.29, 1.82) is 0 Å². The summed E-state index contributed by atoms with van der Waals surface area (Å²) in [4.78, 5) is 26.5. The Bertz CT molecular complexity index is 764. The molecule has 1 aromatic heterocycles. The molecule has 23 heavy (non-hydrogen) atoms. The van der Waals surface area contributed by atoms with Gasteiger partial charge >= 0.3 is 0 Å². The van der Waals surface area contributed by atoms with Crippen molar-refractivity contribution in [2.75, 3.05) is 13.1 Å². The van der Waals surface area contributed by atoms with Crippen LogP contribution in [0.15, 0.2) is 47.4 Å². The van der Waals surface area contributed by atoms with Gasteiger partial charge in [-0.15, -0.1) is 0 Å². The first kappa shape index (κ1) is 15.8. The molecular formula is C18H19ClN2O2. The lowest BCUT2D eigenvalue weighted by atomic mass is 10.1. The Morgan fingerprint density at radius 2 is 1.78 bits per heavy atom. The van der Waals surface area contributed by atoms with E-state index in [1.807, 2.05) is 23.1 Å². The van der Waals surface area contributed by atoms with Crippen LogP contribution < -0.4 is 5.56 Å². The number of nitrogens with zero attached hydrogens (tertiary/aromatic N) is 2. The molecule has 1 fully saturated rings. The summed E-state index contributed by atoms with van der Waals surface area (Å²) >= 11 is 6.16. The van der Waals surface area contributed by atoms with Crippen LogP contribution in [0.2, 0.25) is 5.02 Å². The zero-order valence-electron chi connectivity index (χ0n) is 12.9. The van der Waals surface area contributed by atoms with Crippen LogP contribution in [0, 0.1) is 0 Å². The van der Waals surface area contributed by atoms with Crippen molar-refractivity contribution in [2.45, 2.75) is 25.8 Å². The quantitative estimate of drug-likeness (QED) is 0.867. The molecular weight excluding hydrogens is 312 g/mol. The van der Waals surface area contributed by atoms with Crippen LogP contribution in [0.1, 0.15) is 35.2 Å². The Morgan fingerprint density at radius 3 is 2.52 bits per heavy atom. The largest absolute Gasteiger partial charge is 0.339 e. The highest BCUT2D eigenvalue weighted by atomic mass is 35.5. The lowest BCUT2D eigenvalue weighted by Crippen LogP contribution is -2.36. The fourth-order valence-electron chi connectivity index (χ4n) is 2.87. The molecule has 3 rings (SSSR count). The summed E-state index contributed by atoms with van der Waals surface area (Å²) in [6, 6.07) is 10.5. The summed E-state index contributed by atoms with van der Waals surface area (Å²) < 4.78 is 1.54. The van der Waals surface area contributed by atoms with E-state index in [4.69, 9.17) is 11.6 Å². The van der Waals surface area contributed by atoms with Gasteiger partial charge in [-0.2, -0.15) is 0 Å². The van der Waals surface area contributed by atoms with Gasteiger partial charge in [0.05, 0.1) is 12.1 Å². The Hall–Kier alpha value is -2.07. The normalized spacial score (nSPS) is 14.7. The molecule has 5 heteroatoms. The van der Waals surface area contributed by atoms with Gasteiger partial charge in [-0.05, 0) is 37.0 Å². The molecule has 0 aliphatic carbocycles. The maximum absolute atomic E-state index is 12.6. The number of amides is 1. The highest BCUT2D eigenvalue weighted by Crippen LogP contribution is 2.16. The second kappa shape index (κ2) is 7.01. The fourth-order valence-corrected chi connectivity index (χ4v) is 3.07. The van der Waals surface area contributed by atoms with Gasteiger partial charge in [0.25, 0.3) is 11.5 Å². The summed E-state index contributed by atoms with van der Waals surface area (Å²) in [5, 5.41) is 0.618. The summed E-state index contributed by atoms with van der Waals surface area (Å²) in [6.45, 7) is 1.95. The molecule has 1 amide bonds. The van der Waals surface area contributed by atoms with Crippen molar-refractivity contribution < 1.29 is 4.79 Å². The highest BCUT2D eigenvalue weighted by molar-refractivity contribution is 6.31. The maximum atomic E-state index is 12.6. The molecule has 0 N–H and O–H groups in total. The van der Waals surface area contributed by atoms with Gasteiger partial charge in [0, 0.05) is 30.4 Å². The molecule has 0 spiro atoms. The van der Waals surface area contributed by atoms with Crippen LogP contribution in [-0.2, 0) is 6.54 Å². The minimum atomic E-state index is -0.139. The van der Waals surface area contributed by atoms with Gasteiger partial charge in [0.1, 0.15) is 0 Å². The van der Waals surface area contributed by atoms with Crippen LogP contribution in [-0.4, -0.2) is 28.5 Å². The van der Waals surface area contributed by atoms with Crippen molar-refractivity contribution in [1.82, 2.24) is 9.47 Å². The number of hydrogen-bond donors (Lipinski definition) is 0. The first-order chi connectivity index (χ1) is 11.1. The van der Waals surface area contributed by atoms with Crippen LogP contribution in [0.5, 0.6) is 0 Å². The molecule has 1 aromatic carbocycles. The van der Waals surface area contributed by atoms with E-state index in [0.717, 1.165) is 31.5 Å². The predicted octanol–water partition coefficient (Wildman–Crippen LogP) is 3.18. The monoisotopic (exact) mass is 330 g/mol. The van der Waals surface area contributed by atoms with Gasteiger partial charge in [-0.25, -0.2) is 0 Å². The predicted molar refractivity (Wildman–Crippen MR) is 91.0 cm³/mol. The third kappa shape index (κ3) is 3.64. The van der Waals surface area contributed by atoms with E-state index in [0.29, 0.717) is 17.1 Å². The van der Waals surface area contributed by atoms with E-state index >= 15 is 0 Å². The first-order valence-corrected chi connectivity index (χ1v) is 8.26. The van der Waals surface area contributed by atoms with Gasteiger partial charge in [0.2, 0.25) is 0 Å². The second-order valence-electron chi connectivity index (χ2n) is 5.83. The van der Waals surface area contributed by atoms with Gasteiger partial charge < -0.3 is 9.47 Å². The summed E-state index contributed by atoms with van der Waals surface area (Å²) in [6.07, 6.45) is 4.91. The van der Waals surface area contributed by atoms with Crippen LogP contribution in [0.4, 0.5) is 0 Å². The van der Waals surface area contributed by atoms with Crippen LogP contribution in [0.3, 0.4) is 0 Å². The number of hydrogen-bond acceptors (Lipinski definition) is 2. The molecule has 2 heterocycles. The van der Waals surface area contributed by atoms with E-state index in [1.54, 1.807) is 22.9 Å². The standard InChI is InChI=1S/C18H19ClN2O2/c19-16-7-3-2-6-14(16)12-21-13-15(8-9-17(21)22)18(23)20-10-4-1-5-11-20/h2-3,6-9,13H,1,4-5,10-12H2. The van der Waals surface area contributed by atoms with E-state index in [1.165, 1.54) is 12.5 Å². The molecule has 1 saturated heterocycles. The van der Waals surface area contributed by atoms with Crippen molar-refractivity contribution in [2.24, 2.45) is 0 Å². The maximum Gasteiger partial charge on any atom is 0.255 e. The zero-order valence-corrected chi connectivity index (χ0v) is 13.6. The third-order valence-electron chi connectivity index (χ3n) is 4.17. The van der Waals surface area contributed by atoms with Gasteiger partial charge in [0.15, 0.2) is 0 Å². The molecule has 0 bridgehead atoms. The number of carbonyl (C=O) groups is 1. The SMILES string of the molecule is O=C(c1ccc(=O)n(Cc2ccccc2Cl)c1)N1CCCCC1. The van der Waals surface area contributed by atoms with Crippen LogP contribution >= 0.6 is 11.6 Å². The number of piperidine rings is 1. The first-order valence-electron chi connectivity index (χ1n) is 7.88. The molecule has 0 unspecified atom stereocenters. The lowest BCUT2D eigenvalue weighted by Gasteiger charge is -2.26. The Balaban J connectivity index is 1.85. The van der Waals surface area contributed by atoms with Crippen molar-refractivity contribution in [3.05, 3.63) is 69.1 Å². The topological polar surface area (TPSA) is 42.3 Å². The molecule has 1 aliphatic rings. The van der Waals surface area contributed by atoms with Crippen molar-refractivity contribution in [3.8, 4) is 0 Å². The average molecular weight is 331 g/mol. The number of aromatic nitrogens is 1. The smallest absolute Gasteiger partial charge is 0.255 e. The Morgan fingerprint density at radius 1 is 1.04 bits per heavy atom. The number of likely N-dealkylation sites (tertiary alicyclic amines) is 1. The fraction of sp³-hybridized carbons (Fsp3) is 0.333. The van der Waals surface area contributed by atoms with Crippen LogP contribution in [0.25, 0.3) is 0 Å². The summed E-state index contributed by atoms with van der Waals surface area (Å²) in [5.41, 5.74) is 1.28. The van der Waals surface area contributed by atoms with Crippen molar-refractivity contribution >= 4 is 17.5 Å². The lowest BCUT2D eigenvalue weighted by molar-refractivity contribution is 0.0723. The Labute approximate surface area is 140 Å². The van der Waals surface area contributed by atoms with E-state index in [9.17, 15) is 9.59 Å². The molecule has 0 saturated carbocycles. The van der Waals surface area contributed by atoms with Gasteiger partial charge in [-0.3, -0.25) is 9.59 Å². The molecule has 0 atom stereocenters. The third-order valence-corrected chi connectivity index (χ3v) is 4.54. The minimum Gasteiger partial charge on any atom is -0.339 e. The Kier molecular flexibility index (Phi) is 4.82. The van der Waals surface area contributed by atoms with Gasteiger partial charge in [-0.1, -0.05) is 29.8 Å². The number of halogens is 1.